The van der Waals surface area contributed by atoms with Crippen LogP contribution < -0.4 is 26.2 Å². The highest BCUT2D eigenvalue weighted by molar-refractivity contribution is 5.97. The number of anilines is 1. The third-order valence-corrected chi connectivity index (χ3v) is 9.87. The van der Waals surface area contributed by atoms with Crippen LogP contribution in [0.4, 0.5) is 14.6 Å². The summed E-state index contributed by atoms with van der Waals surface area (Å²) < 4.78 is 36.3. The fourth-order valence-corrected chi connectivity index (χ4v) is 7.91. The molecule has 4 atom stereocenters. The van der Waals surface area contributed by atoms with Gasteiger partial charge in [0.15, 0.2) is 11.3 Å². The van der Waals surface area contributed by atoms with E-state index in [0.29, 0.717) is 37.3 Å². The molecule has 0 radical (unpaired) electrons. The summed E-state index contributed by atoms with van der Waals surface area (Å²) in [5, 5.41) is 14.6. The van der Waals surface area contributed by atoms with Crippen molar-refractivity contribution in [3.05, 3.63) is 56.5 Å². The Hall–Kier alpha value is -4.54. The number of H-pyrrole nitrogens is 1. The lowest BCUT2D eigenvalue weighted by atomic mass is 9.95. The highest BCUT2D eigenvalue weighted by atomic mass is 19.1. The zero-order valence-corrected chi connectivity index (χ0v) is 24.4. The van der Waals surface area contributed by atoms with Crippen molar-refractivity contribution in [2.75, 3.05) is 37.7 Å². The largest absolute Gasteiger partial charge is 0.508 e. The number of fused-ring (bicyclic) bond motifs is 5. The second kappa shape index (κ2) is 10.3. The number of halogens is 2. The molecule has 4 aliphatic heterocycles. The van der Waals surface area contributed by atoms with Crippen LogP contribution in [-0.4, -0.2) is 86.1 Å². The van der Waals surface area contributed by atoms with Crippen LogP contribution in [0.3, 0.4) is 0 Å². The molecule has 45 heavy (non-hydrogen) atoms. The highest BCUT2D eigenvalue weighted by Crippen LogP contribution is 2.40. The van der Waals surface area contributed by atoms with Gasteiger partial charge < -0.3 is 25.0 Å². The Morgan fingerprint density at radius 1 is 1.16 bits per heavy atom. The molecule has 2 unspecified atom stereocenters. The van der Waals surface area contributed by atoms with Crippen molar-refractivity contribution in [2.24, 2.45) is 0 Å². The number of hydrogen-bond acceptors (Lipinski definition) is 9. The van der Waals surface area contributed by atoms with Gasteiger partial charge in [0.1, 0.15) is 29.9 Å². The van der Waals surface area contributed by atoms with E-state index in [2.05, 4.69) is 26.1 Å². The van der Waals surface area contributed by atoms with Gasteiger partial charge in [-0.25, -0.2) is 18.1 Å². The maximum atomic E-state index is 14.8. The van der Waals surface area contributed by atoms with Gasteiger partial charge in [0.2, 0.25) is 0 Å². The van der Waals surface area contributed by atoms with Gasteiger partial charge in [-0.3, -0.25) is 9.69 Å². The SMILES string of the molecule is C#Cc1c(F)ccc2cc(O)cc(-n3c(=O)[nH]c4c(N5CC6CCC(C5)N6)nc(OC[C@@]56CCCN5C[C@H](F)C6)nc4c3=O)c12. The number of benzene rings is 2. The topological polar surface area (TPSA) is 129 Å². The van der Waals surface area contributed by atoms with Gasteiger partial charge in [-0.2, -0.15) is 9.97 Å². The van der Waals surface area contributed by atoms with Gasteiger partial charge in [-0.05, 0) is 49.7 Å². The fourth-order valence-electron chi connectivity index (χ4n) is 7.91. The molecule has 3 N–H and O–H groups in total. The van der Waals surface area contributed by atoms with E-state index >= 15 is 0 Å². The van der Waals surface area contributed by atoms with Gasteiger partial charge in [0.05, 0.1) is 16.8 Å². The zero-order valence-electron chi connectivity index (χ0n) is 24.4. The molecule has 11 nitrogen and oxygen atoms in total. The van der Waals surface area contributed by atoms with Gasteiger partial charge >= 0.3 is 11.7 Å². The van der Waals surface area contributed by atoms with Crippen molar-refractivity contribution in [2.45, 2.75) is 55.9 Å². The lowest BCUT2D eigenvalue weighted by Crippen LogP contribution is -2.51. The predicted octanol–water partition coefficient (Wildman–Crippen LogP) is 2.34. The van der Waals surface area contributed by atoms with Crippen molar-refractivity contribution >= 4 is 27.6 Å². The Morgan fingerprint density at radius 2 is 1.96 bits per heavy atom. The number of ether oxygens (including phenoxy) is 1. The minimum Gasteiger partial charge on any atom is -0.508 e. The zero-order chi connectivity index (χ0) is 31.0. The van der Waals surface area contributed by atoms with Gasteiger partial charge in [0, 0.05) is 49.6 Å². The third-order valence-electron chi connectivity index (χ3n) is 9.87. The summed E-state index contributed by atoms with van der Waals surface area (Å²) in [6.07, 6.45) is 8.78. The summed E-state index contributed by atoms with van der Waals surface area (Å²) in [6.45, 7) is 2.53. The normalized spacial score (nSPS) is 26.1. The molecular weight excluding hydrogens is 584 g/mol. The molecule has 0 saturated carbocycles. The lowest BCUT2D eigenvalue weighted by molar-refractivity contribution is 0.107. The second-order valence-corrected chi connectivity index (χ2v) is 12.7. The fraction of sp³-hybridized carbons (Fsp3) is 0.438. The Bertz CT molecular complexity index is 2030. The molecule has 8 rings (SSSR count). The number of piperazine rings is 1. The van der Waals surface area contributed by atoms with Crippen LogP contribution in [-0.2, 0) is 0 Å². The number of terminal acetylenes is 1. The molecule has 13 heteroatoms. The van der Waals surface area contributed by atoms with E-state index in [0.717, 1.165) is 42.9 Å². The standard InChI is InChI=1S/C32H31F2N7O4/c1-2-22-23(34)7-4-17-10-21(42)11-24(25(17)22)41-29(43)27-26(37-31(41)44)28(39-14-19-5-6-20(15-39)35-19)38-30(36-27)45-16-32-8-3-9-40(32)13-18(33)12-32/h1,4,7,10-11,18-20,35,42H,3,5-6,8-9,12-16H2,(H,37,44)/t18-,19?,20?,32+/m1/s1. The number of nitrogens with one attached hydrogen (secondary N) is 2. The molecule has 2 aromatic carbocycles. The molecule has 2 bridgehead atoms. The summed E-state index contributed by atoms with van der Waals surface area (Å²) >= 11 is 0. The van der Waals surface area contributed by atoms with Crippen LogP contribution in [0.15, 0.2) is 33.9 Å². The number of aromatic hydroxyl groups is 1. The van der Waals surface area contributed by atoms with E-state index in [1.807, 2.05) is 4.90 Å². The Balaban J connectivity index is 1.31. The number of phenols is 1. The molecule has 6 heterocycles. The number of rotatable bonds is 5. The predicted molar refractivity (Wildman–Crippen MR) is 164 cm³/mol. The maximum absolute atomic E-state index is 14.8. The Kier molecular flexibility index (Phi) is 6.37. The first-order valence-electron chi connectivity index (χ1n) is 15.3. The summed E-state index contributed by atoms with van der Waals surface area (Å²) in [4.78, 5) is 44.2. The lowest BCUT2D eigenvalue weighted by Gasteiger charge is -2.34. The van der Waals surface area contributed by atoms with Gasteiger partial charge in [-0.1, -0.05) is 12.0 Å². The number of phenolic OH excluding ortho intramolecular Hbond substituents is 1. The summed E-state index contributed by atoms with van der Waals surface area (Å²) in [5.74, 6) is 1.72. The van der Waals surface area contributed by atoms with E-state index in [1.54, 1.807) is 0 Å². The first kappa shape index (κ1) is 28.0. The molecule has 0 aliphatic carbocycles. The number of hydrogen-bond donors (Lipinski definition) is 3. The van der Waals surface area contributed by atoms with E-state index in [4.69, 9.17) is 16.1 Å². The van der Waals surface area contributed by atoms with Crippen LogP contribution >= 0.6 is 0 Å². The molecular formula is C32H31F2N7O4. The van der Waals surface area contributed by atoms with E-state index in [1.165, 1.54) is 18.2 Å². The van der Waals surface area contributed by atoms with E-state index in [9.17, 15) is 23.5 Å². The van der Waals surface area contributed by atoms with Crippen molar-refractivity contribution < 1.29 is 18.6 Å². The monoisotopic (exact) mass is 615 g/mol. The van der Waals surface area contributed by atoms with Crippen LogP contribution in [0.25, 0.3) is 27.5 Å². The molecule has 2 aromatic heterocycles. The Morgan fingerprint density at radius 3 is 2.73 bits per heavy atom. The van der Waals surface area contributed by atoms with Crippen molar-refractivity contribution in [1.82, 2.24) is 29.7 Å². The maximum Gasteiger partial charge on any atom is 0.333 e. The number of nitrogens with zero attached hydrogens (tertiary/aromatic N) is 5. The Labute approximate surface area is 255 Å². The van der Waals surface area contributed by atoms with Gasteiger partial charge in [0.25, 0.3) is 5.56 Å². The first-order valence-corrected chi connectivity index (χ1v) is 15.3. The van der Waals surface area contributed by atoms with Crippen LogP contribution in [0, 0.1) is 18.2 Å². The summed E-state index contributed by atoms with van der Waals surface area (Å²) in [6, 6.07) is 5.55. The number of aromatic amines is 1. The average Bonchev–Trinajstić information content (AvgIpc) is 3.66. The van der Waals surface area contributed by atoms with Crippen LogP contribution in [0.1, 0.15) is 37.7 Å². The number of alkyl halides is 1. The summed E-state index contributed by atoms with van der Waals surface area (Å²) in [5.41, 5.74) is -2.32. The van der Waals surface area contributed by atoms with Crippen molar-refractivity contribution in [1.29, 1.82) is 0 Å². The molecule has 4 saturated heterocycles. The molecule has 4 aromatic rings. The molecule has 4 fully saturated rings. The number of aromatic nitrogens is 4. The summed E-state index contributed by atoms with van der Waals surface area (Å²) in [7, 11) is 0. The van der Waals surface area contributed by atoms with Crippen molar-refractivity contribution in [3.63, 3.8) is 0 Å². The first-order chi connectivity index (χ1) is 21.7. The van der Waals surface area contributed by atoms with E-state index < -0.39 is 28.8 Å². The second-order valence-electron chi connectivity index (χ2n) is 12.7. The van der Waals surface area contributed by atoms with Crippen LogP contribution in [0.5, 0.6) is 11.8 Å². The minimum absolute atomic E-state index is 0.0567. The quantitative estimate of drug-likeness (QED) is 0.290. The average molecular weight is 616 g/mol. The van der Waals surface area contributed by atoms with Crippen molar-refractivity contribution in [3.8, 4) is 29.8 Å². The molecule has 4 aliphatic rings. The van der Waals surface area contributed by atoms with Crippen LogP contribution in [0.2, 0.25) is 0 Å². The minimum atomic E-state index is -0.939. The molecule has 232 valence electrons. The highest BCUT2D eigenvalue weighted by Gasteiger charge is 2.49. The smallest absolute Gasteiger partial charge is 0.333 e. The molecule has 0 amide bonds. The van der Waals surface area contributed by atoms with E-state index in [-0.39, 0.29) is 58.1 Å². The molecule has 0 spiro atoms. The third kappa shape index (κ3) is 4.46. The van der Waals surface area contributed by atoms with Gasteiger partial charge in [-0.15, -0.1) is 6.42 Å².